The van der Waals surface area contributed by atoms with Gasteiger partial charge in [0.2, 0.25) is 0 Å². The molecule has 1 amide bonds. The molecule has 84 valence electrons. The number of carbonyl (C=O) groups excluding carboxylic acids is 1. The zero-order valence-corrected chi connectivity index (χ0v) is 9.75. The van der Waals surface area contributed by atoms with Crippen LogP contribution in [0.25, 0.3) is 5.70 Å². The van der Waals surface area contributed by atoms with Gasteiger partial charge >= 0.3 is 6.09 Å². The van der Waals surface area contributed by atoms with Crippen LogP contribution in [0.4, 0.5) is 4.79 Å². The van der Waals surface area contributed by atoms with Crippen molar-refractivity contribution in [2.45, 2.75) is 13.3 Å². The average molecular weight is 238 g/mol. The standard InChI is InChI=1S/C12H12ClNO2/c1-3-6-14-8(2)10-7-9(13)4-5-11(10)16-12(14)15/h4-5,7H,2-3,6H2,1H3. The minimum Gasteiger partial charge on any atom is -0.409 e. The molecular formula is C12H12ClNO2. The number of nitrogens with zero attached hydrogens (tertiary/aromatic N) is 1. The third kappa shape index (κ3) is 1.78. The number of amides is 1. The molecule has 0 bridgehead atoms. The number of halogens is 1. The Morgan fingerprint density at radius 3 is 2.94 bits per heavy atom. The number of carbonyl (C=O) groups is 1. The highest BCUT2D eigenvalue weighted by molar-refractivity contribution is 6.30. The summed E-state index contributed by atoms with van der Waals surface area (Å²) in [6.45, 7) is 6.51. The fourth-order valence-electron chi connectivity index (χ4n) is 1.67. The maximum absolute atomic E-state index is 11.7. The van der Waals surface area contributed by atoms with E-state index in [2.05, 4.69) is 6.58 Å². The number of fused-ring (bicyclic) bond motifs is 1. The Labute approximate surface area is 99.3 Å². The molecule has 16 heavy (non-hydrogen) atoms. The summed E-state index contributed by atoms with van der Waals surface area (Å²) in [4.78, 5) is 13.2. The highest BCUT2D eigenvalue weighted by Crippen LogP contribution is 2.34. The van der Waals surface area contributed by atoms with Gasteiger partial charge in [0.15, 0.2) is 0 Å². The highest BCUT2D eigenvalue weighted by atomic mass is 35.5. The summed E-state index contributed by atoms with van der Waals surface area (Å²) in [6, 6.07) is 5.13. The van der Waals surface area contributed by atoms with Crippen LogP contribution in [0.15, 0.2) is 24.8 Å². The van der Waals surface area contributed by atoms with Gasteiger partial charge in [-0.2, -0.15) is 0 Å². The van der Waals surface area contributed by atoms with Gasteiger partial charge in [-0.25, -0.2) is 4.79 Å². The van der Waals surface area contributed by atoms with Crippen LogP contribution in [0.1, 0.15) is 18.9 Å². The highest BCUT2D eigenvalue weighted by Gasteiger charge is 2.27. The molecule has 1 aliphatic rings. The van der Waals surface area contributed by atoms with E-state index in [4.69, 9.17) is 16.3 Å². The largest absolute Gasteiger partial charge is 0.419 e. The van der Waals surface area contributed by atoms with Crippen molar-refractivity contribution >= 4 is 23.4 Å². The molecule has 3 nitrogen and oxygen atoms in total. The molecule has 0 N–H and O–H groups in total. The van der Waals surface area contributed by atoms with Crippen molar-refractivity contribution in [3.05, 3.63) is 35.4 Å². The summed E-state index contributed by atoms with van der Waals surface area (Å²) in [5.41, 5.74) is 1.43. The van der Waals surface area contributed by atoms with Gasteiger partial charge in [-0.15, -0.1) is 0 Å². The van der Waals surface area contributed by atoms with Crippen LogP contribution >= 0.6 is 11.6 Å². The van der Waals surface area contributed by atoms with Crippen LogP contribution in [0.5, 0.6) is 5.75 Å². The van der Waals surface area contributed by atoms with Crippen molar-refractivity contribution in [1.29, 1.82) is 0 Å². The van der Waals surface area contributed by atoms with Gasteiger partial charge in [-0.05, 0) is 24.6 Å². The van der Waals surface area contributed by atoms with E-state index in [-0.39, 0.29) is 6.09 Å². The van der Waals surface area contributed by atoms with Crippen molar-refractivity contribution in [2.24, 2.45) is 0 Å². The Hall–Kier alpha value is -1.48. The number of benzene rings is 1. The molecule has 1 aromatic carbocycles. The molecule has 1 heterocycles. The van der Waals surface area contributed by atoms with Crippen molar-refractivity contribution in [1.82, 2.24) is 4.90 Å². The van der Waals surface area contributed by atoms with Gasteiger partial charge in [-0.1, -0.05) is 25.1 Å². The van der Waals surface area contributed by atoms with Crippen molar-refractivity contribution in [3.63, 3.8) is 0 Å². The normalized spacial score (nSPS) is 14.8. The fourth-order valence-corrected chi connectivity index (χ4v) is 1.84. The van der Waals surface area contributed by atoms with Gasteiger partial charge in [0.05, 0.1) is 5.70 Å². The first-order valence-electron chi connectivity index (χ1n) is 5.11. The van der Waals surface area contributed by atoms with Crippen LogP contribution in [0.3, 0.4) is 0 Å². The third-order valence-electron chi connectivity index (χ3n) is 2.44. The molecule has 0 fully saturated rings. The Morgan fingerprint density at radius 2 is 2.25 bits per heavy atom. The van der Waals surface area contributed by atoms with Gasteiger partial charge < -0.3 is 4.74 Å². The molecule has 0 unspecified atom stereocenters. The number of hydrogen-bond donors (Lipinski definition) is 0. The van der Waals surface area contributed by atoms with Crippen LogP contribution in [-0.2, 0) is 0 Å². The smallest absolute Gasteiger partial charge is 0.409 e. The molecular weight excluding hydrogens is 226 g/mol. The lowest BCUT2D eigenvalue weighted by Crippen LogP contribution is -2.36. The van der Waals surface area contributed by atoms with Crippen LogP contribution in [-0.4, -0.2) is 17.5 Å². The molecule has 1 aliphatic heterocycles. The maximum Gasteiger partial charge on any atom is 0.419 e. The van der Waals surface area contributed by atoms with E-state index < -0.39 is 0 Å². The van der Waals surface area contributed by atoms with E-state index in [1.165, 1.54) is 4.90 Å². The minimum absolute atomic E-state index is 0.373. The molecule has 0 radical (unpaired) electrons. The fraction of sp³-hybridized carbons (Fsp3) is 0.250. The van der Waals surface area contributed by atoms with E-state index >= 15 is 0 Å². The molecule has 0 saturated heterocycles. The molecule has 0 aromatic heterocycles. The molecule has 0 atom stereocenters. The van der Waals surface area contributed by atoms with Gasteiger partial charge in [0.25, 0.3) is 0 Å². The van der Waals surface area contributed by atoms with E-state index in [0.29, 0.717) is 23.0 Å². The minimum atomic E-state index is -0.373. The number of ether oxygens (including phenoxy) is 1. The molecule has 2 rings (SSSR count). The number of hydrogen-bond acceptors (Lipinski definition) is 2. The Morgan fingerprint density at radius 1 is 1.50 bits per heavy atom. The summed E-state index contributed by atoms with van der Waals surface area (Å²) in [7, 11) is 0. The first-order valence-corrected chi connectivity index (χ1v) is 5.49. The molecule has 1 aromatic rings. The topological polar surface area (TPSA) is 29.5 Å². The summed E-state index contributed by atoms with van der Waals surface area (Å²) in [5, 5.41) is 0.606. The van der Waals surface area contributed by atoms with E-state index in [1.807, 2.05) is 6.92 Å². The zero-order valence-electron chi connectivity index (χ0n) is 9.00. The zero-order chi connectivity index (χ0) is 11.7. The summed E-state index contributed by atoms with van der Waals surface area (Å²) >= 11 is 5.90. The maximum atomic E-state index is 11.7. The second kappa shape index (κ2) is 4.18. The van der Waals surface area contributed by atoms with Gasteiger partial charge in [0, 0.05) is 17.1 Å². The Bertz CT molecular complexity index is 456. The number of rotatable bonds is 2. The molecule has 0 spiro atoms. The van der Waals surface area contributed by atoms with Crippen LogP contribution in [0, 0.1) is 0 Å². The first-order chi connectivity index (χ1) is 7.63. The van der Waals surface area contributed by atoms with Crippen LogP contribution < -0.4 is 4.74 Å². The molecule has 4 heteroatoms. The van der Waals surface area contributed by atoms with Gasteiger partial charge in [0.1, 0.15) is 5.75 Å². The van der Waals surface area contributed by atoms with Crippen molar-refractivity contribution in [2.75, 3.05) is 6.54 Å². The van der Waals surface area contributed by atoms with Crippen LogP contribution in [0.2, 0.25) is 5.02 Å². The summed E-state index contributed by atoms with van der Waals surface area (Å²) < 4.78 is 5.19. The lowest BCUT2D eigenvalue weighted by molar-refractivity contribution is 0.168. The molecule has 0 saturated carbocycles. The second-order valence-electron chi connectivity index (χ2n) is 3.61. The SMILES string of the molecule is C=C1c2cc(Cl)ccc2OC(=O)N1CCC. The molecule has 0 aliphatic carbocycles. The summed E-state index contributed by atoms with van der Waals surface area (Å²) in [5.74, 6) is 0.520. The quantitative estimate of drug-likeness (QED) is 0.788. The lowest BCUT2D eigenvalue weighted by atomic mass is 10.1. The average Bonchev–Trinajstić information content (AvgIpc) is 2.26. The summed E-state index contributed by atoms with van der Waals surface area (Å²) in [6.07, 6.45) is 0.478. The Kier molecular flexibility index (Phi) is 2.88. The van der Waals surface area contributed by atoms with Gasteiger partial charge in [-0.3, -0.25) is 4.90 Å². The van der Waals surface area contributed by atoms with Crippen molar-refractivity contribution < 1.29 is 9.53 Å². The van der Waals surface area contributed by atoms with E-state index in [1.54, 1.807) is 18.2 Å². The third-order valence-corrected chi connectivity index (χ3v) is 2.68. The predicted molar refractivity (Wildman–Crippen MR) is 63.5 cm³/mol. The van der Waals surface area contributed by atoms with Crippen molar-refractivity contribution in [3.8, 4) is 5.75 Å². The monoisotopic (exact) mass is 237 g/mol. The lowest BCUT2D eigenvalue weighted by Gasteiger charge is -2.29. The van der Waals surface area contributed by atoms with E-state index in [0.717, 1.165) is 12.0 Å². The van der Waals surface area contributed by atoms with E-state index in [9.17, 15) is 4.79 Å². The second-order valence-corrected chi connectivity index (χ2v) is 4.04. The predicted octanol–water partition coefficient (Wildman–Crippen LogP) is 3.54. The first kappa shape index (κ1) is 11.0. The Balaban J connectivity index is 2.42.